The van der Waals surface area contributed by atoms with Gasteiger partial charge in [0.25, 0.3) is 10.1 Å². The Hall–Kier alpha value is -0.180. The average molecular weight is 189 g/mol. The molecule has 61 valence electrons. The molecule has 0 N–H and O–H groups in total. The van der Waals surface area contributed by atoms with Crippen LogP contribution in [0.1, 0.15) is 6.92 Å². The fourth-order valence-electron chi connectivity index (χ4n) is 0.175. The van der Waals surface area contributed by atoms with Crippen LogP contribution in [0, 0.1) is 0 Å². The molecule has 0 aromatic rings. The van der Waals surface area contributed by atoms with Crippen LogP contribution in [0.15, 0.2) is 0 Å². The molecular weight excluding hydrogens is 184 g/mol. The van der Waals surface area contributed by atoms with Crippen molar-refractivity contribution in [2.75, 3.05) is 5.75 Å². The highest BCUT2D eigenvalue weighted by Gasteiger charge is 2.18. The topological polar surface area (TPSA) is 97.4 Å². The van der Waals surface area contributed by atoms with Crippen molar-refractivity contribution in [1.82, 2.24) is 0 Å². The van der Waals surface area contributed by atoms with Crippen LogP contribution in [0.25, 0.3) is 0 Å². The summed E-state index contributed by atoms with van der Waals surface area (Å²) in [6.07, 6.45) is 0. The molecule has 6 nitrogen and oxygen atoms in total. The summed E-state index contributed by atoms with van der Waals surface area (Å²) in [5.74, 6) is -0.547. The lowest BCUT2D eigenvalue weighted by Gasteiger charge is -1.93. The zero-order valence-electron chi connectivity index (χ0n) is 4.97. The van der Waals surface area contributed by atoms with Gasteiger partial charge in [0.1, 0.15) is 0 Å². The van der Waals surface area contributed by atoms with Crippen LogP contribution < -0.4 is 0 Å². The summed E-state index contributed by atoms with van der Waals surface area (Å²) < 4.78 is 52.5. The van der Waals surface area contributed by atoms with E-state index < -0.39 is 26.3 Å². The molecular formula is C2H5O6S2. The standard InChI is InChI=1S/C2H5O6S2/c1-2-9(3,4)8-10(5,6)7/h2H2,1H3. The van der Waals surface area contributed by atoms with Gasteiger partial charge in [-0.2, -0.15) is 16.8 Å². The average Bonchev–Trinajstić information content (AvgIpc) is 1.60. The third kappa shape index (κ3) is 4.68. The predicted octanol–water partition coefficient (Wildman–Crippen LogP) is -0.972. The maximum atomic E-state index is 10.2. The first-order chi connectivity index (χ1) is 4.27. The second-order valence-corrected chi connectivity index (χ2v) is 4.38. The van der Waals surface area contributed by atoms with E-state index in [1.807, 2.05) is 0 Å². The third-order valence-electron chi connectivity index (χ3n) is 0.541. The Morgan fingerprint density at radius 1 is 1.20 bits per heavy atom. The maximum absolute atomic E-state index is 10.2. The third-order valence-corrected chi connectivity index (χ3v) is 2.74. The minimum Gasteiger partial charge on any atom is -0.198 e. The van der Waals surface area contributed by atoms with E-state index in [9.17, 15) is 21.4 Å². The molecule has 0 fully saturated rings. The summed E-state index contributed by atoms with van der Waals surface area (Å²) in [6, 6.07) is 0. The molecule has 1 radical (unpaired) electrons. The summed E-state index contributed by atoms with van der Waals surface area (Å²) in [5.41, 5.74) is 0. The summed E-state index contributed by atoms with van der Waals surface area (Å²) in [5, 5.41) is 0. The quantitative estimate of drug-likeness (QED) is 0.568. The summed E-state index contributed by atoms with van der Waals surface area (Å²) >= 11 is 0. The van der Waals surface area contributed by atoms with Crippen molar-refractivity contribution in [2.45, 2.75) is 6.92 Å². The van der Waals surface area contributed by atoms with Crippen LogP contribution in [-0.2, 0) is 28.7 Å². The molecule has 0 aliphatic heterocycles. The molecule has 0 saturated heterocycles. The van der Waals surface area contributed by atoms with E-state index in [0.29, 0.717) is 0 Å². The van der Waals surface area contributed by atoms with Crippen LogP contribution in [0.4, 0.5) is 0 Å². The monoisotopic (exact) mass is 189 g/mol. The first-order valence-corrected chi connectivity index (χ1v) is 5.07. The van der Waals surface area contributed by atoms with E-state index in [4.69, 9.17) is 0 Å². The molecule has 0 amide bonds. The van der Waals surface area contributed by atoms with Gasteiger partial charge in [0.2, 0.25) is 0 Å². The molecule has 0 aromatic heterocycles. The minimum absolute atomic E-state index is 0.547. The Bertz CT molecular complexity index is 282. The lowest BCUT2D eigenvalue weighted by molar-refractivity contribution is 0.338. The molecule has 0 spiro atoms. The highest BCUT2D eigenvalue weighted by Crippen LogP contribution is 1.97. The Balaban J connectivity index is 4.49. The van der Waals surface area contributed by atoms with E-state index >= 15 is 0 Å². The van der Waals surface area contributed by atoms with E-state index in [1.54, 1.807) is 0 Å². The predicted molar refractivity (Wildman–Crippen MR) is 30.2 cm³/mol. The Labute approximate surface area is 58.9 Å². The fraction of sp³-hybridized carbons (Fsp3) is 1.00. The summed E-state index contributed by atoms with van der Waals surface area (Å²) in [6.45, 7) is 1.15. The zero-order chi connectivity index (χ0) is 8.41. The molecule has 0 rings (SSSR count). The van der Waals surface area contributed by atoms with Crippen molar-refractivity contribution in [3.05, 3.63) is 0 Å². The number of hydrogen-bond acceptors (Lipinski definition) is 5. The van der Waals surface area contributed by atoms with Crippen molar-refractivity contribution < 1.29 is 25.0 Å². The Morgan fingerprint density at radius 2 is 1.60 bits per heavy atom. The lowest BCUT2D eigenvalue weighted by Crippen LogP contribution is -2.12. The van der Waals surface area contributed by atoms with Gasteiger partial charge in [-0.3, -0.25) is 0 Å². The minimum atomic E-state index is -5.13. The summed E-state index contributed by atoms with van der Waals surface area (Å²) in [4.78, 5) is 0. The van der Waals surface area contributed by atoms with Crippen molar-refractivity contribution >= 4 is 20.5 Å². The van der Waals surface area contributed by atoms with Crippen LogP contribution in [-0.4, -0.2) is 22.6 Å². The van der Waals surface area contributed by atoms with Crippen molar-refractivity contribution in [2.24, 2.45) is 0 Å². The molecule has 0 heterocycles. The molecule has 0 bridgehead atoms. The Kier molecular flexibility index (Phi) is 2.77. The molecule has 8 heteroatoms. The zero-order valence-corrected chi connectivity index (χ0v) is 6.61. The van der Waals surface area contributed by atoms with Crippen molar-refractivity contribution in [3.8, 4) is 0 Å². The van der Waals surface area contributed by atoms with Gasteiger partial charge >= 0.3 is 10.4 Å². The van der Waals surface area contributed by atoms with Gasteiger partial charge in [0, 0.05) is 0 Å². The molecule has 0 atom stereocenters. The lowest BCUT2D eigenvalue weighted by atomic mass is 11.0. The highest BCUT2D eigenvalue weighted by molar-refractivity contribution is 7.97. The first kappa shape index (κ1) is 9.82. The van der Waals surface area contributed by atoms with E-state index in [-0.39, 0.29) is 0 Å². The molecule has 0 saturated carbocycles. The first-order valence-electron chi connectivity index (χ1n) is 2.16. The van der Waals surface area contributed by atoms with Crippen molar-refractivity contribution in [3.63, 3.8) is 0 Å². The molecule has 0 unspecified atom stereocenters. The van der Waals surface area contributed by atoms with E-state index in [2.05, 4.69) is 3.63 Å². The van der Waals surface area contributed by atoms with Crippen LogP contribution in [0.5, 0.6) is 0 Å². The van der Waals surface area contributed by atoms with Crippen LogP contribution >= 0.6 is 0 Å². The van der Waals surface area contributed by atoms with E-state index in [0.717, 1.165) is 6.92 Å². The van der Waals surface area contributed by atoms with Crippen molar-refractivity contribution in [1.29, 1.82) is 0 Å². The highest BCUT2D eigenvalue weighted by atomic mass is 32.3. The van der Waals surface area contributed by atoms with Gasteiger partial charge in [-0.25, -0.2) is 0 Å². The Morgan fingerprint density at radius 3 is 1.70 bits per heavy atom. The molecule has 10 heavy (non-hydrogen) atoms. The molecule has 0 aliphatic rings. The second kappa shape index (κ2) is 2.82. The van der Waals surface area contributed by atoms with Gasteiger partial charge in [0.15, 0.2) is 0 Å². The van der Waals surface area contributed by atoms with Gasteiger partial charge in [-0.15, -0.1) is 3.63 Å². The van der Waals surface area contributed by atoms with Crippen LogP contribution in [0.3, 0.4) is 0 Å². The number of rotatable bonds is 3. The normalized spacial score (nSPS) is 13.4. The molecule has 0 aromatic carbocycles. The molecule has 0 aliphatic carbocycles. The van der Waals surface area contributed by atoms with Crippen LogP contribution in [0.2, 0.25) is 0 Å². The van der Waals surface area contributed by atoms with Gasteiger partial charge in [-0.05, 0) is 6.92 Å². The smallest absolute Gasteiger partial charge is 0.198 e. The fourth-order valence-corrected chi connectivity index (χ4v) is 1.58. The largest absolute Gasteiger partial charge is 0.442 e. The number of hydrogen-bond donors (Lipinski definition) is 0. The maximum Gasteiger partial charge on any atom is 0.442 e. The summed E-state index contributed by atoms with van der Waals surface area (Å²) in [7, 11) is -9.31. The van der Waals surface area contributed by atoms with E-state index in [1.165, 1.54) is 0 Å². The van der Waals surface area contributed by atoms with Gasteiger partial charge < -0.3 is 0 Å². The van der Waals surface area contributed by atoms with Gasteiger partial charge in [-0.1, -0.05) is 4.55 Å². The van der Waals surface area contributed by atoms with Gasteiger partial charge in [0.05, 0.1) is 5.75 Å². The second-order valence-electron chi connectivity index (χ2n) is 1.32. The SMILES string of the molecule is CCS(=O)(=O)OS([O])(=O)=O.